The van der Waals surface area contributed by atoms with Gasteiger partial charge in [-0.05, 0) is 29.8 Å². The highest BCUT2D eigenvalue weighted by atomic mass is 35.5. The lowest BCUT2D eigenvalue weighted by molar-refractivity contribution is 0.409. The number of ether oxygens (including phenoxy) is 2. The highest BCUT2D eigenvalue weighted by molar-refractivity contribution is 6.31. The van der Waals surface area contributed by atoms with E-state index in [0.29, 0.717) is 11.6 Å². The van der Waals surface area contributed by atoms with E-state index in [2.05, 4.69) is 0 Å². The maximum absolute atomic E-state index is 6.05. The summed E-state index contributed by atoms with van der Waals surface area (Å²) in [6, 6.07) is 11.4. The Morgan fingerprint density at radius 2 is 1.74 bits per heavy atom. The largest absolute Gasteiger partial charge is 0.496 e. The third-order valence-electron chi connectivity index (χ3n) is 2.98. The Labute approximate surface area is 117 Å². The van der Waals surface area contributed by atoms with Crippen LogP contribution in [0.1, 0.15) is 5.56 Å². The molecule has 0 amide bonds. The van der Waals surface area contributed by atoms with E-state index in [1.807, 2.05) is 30.3 Å². The van der Waals surface area contributed by atoms with Crippen molar-refractivity contribution in [1.29, 1.82) is 0 Å². The van der Waals surface area contributed by atoms with Crippen molar-refractivity contribution in [3.8, 4) is 22.6 Å². The van der Waals surface area contributed by atoms with Crippen molar-refractivity contribution in [2.75, 3.05) is 14.2 Å². The Bertz CT molecular complexity index is 584. The second-order valence-electron chi connectivity index (χ2n) is 4.08. The number of hydrogen-bond donors (Lipinski definition) is 1. The first-order valence-corrected chi connectivity index (χ1v) is 6.28. The molecule has 0 unspecified atom stereocenters. The Hall–Kier alpha value is -1.71. The number of nitrogens with two attached hydrogens (primary N) is 1. The predicted octanol–water partition coefficient (Wildman–Crippen LogP) is 3.48. The first-order chi connectivity index (χ1) is 9.19. The normalized spacial score (nSPS) is 10.3. The van der Waals surface area contributed by atoms with Gasteiger partial charge in [0.25, 0.3) is 0 Å². The van der Waals surface area contributed by atoms with Crippen LogP contribution in [0.5, 0.6) is 11.5 Å². The van der Waals surface area contributed by atoms with Crippen LogP contribution < -0.4 is 15.2 Å². The van der Waals surface area contributed by atoms with Gasteiger partial charge in [-0.1, -0.05) is 23.7 Å². The van der Waals surface area contributed by atoms with Crippen molar-refractivity contribution in [1.82, 2.24) is 0 Å². The molecule has 2 N–H and O–H groups in total. The molecule has 0 radical (unpaired) electrons. The molecule has 0 saturated heterocycles. The van der Waals surface area contributed by atoms with Gasteiger partial charge in [0.1, 0.15) is 11.5 Å². The van der Waals surface area contributed by atoms with Crippen LogP contribution in [-0.2, 0) is 6.54 Å². The molecule has 2 aromatic rings. The first-order valence-electron chi connectivity index (χ1n) is 5.90. The molecule has 0 spiro atoms. The summed E-state index contributed by atoms with van der Waals surface area (Å²) >= 11 is 6.05. The van der Waals surface area contributed by atoms with Gasteiger partial charge in [-0.2, -0.15) is 0 Å². The minimum Gasteiger partial charge on any atom is -0.496 e. The maximum Gasteiger partial charge on any atom is 0.126 e. The molecule has 19 heavy (non-hydrogen) atoms. The van der Waals surface area contributed by atoms with E-state index in [1.165, 1.54) is 0 Å². The van der Waals surface area contributed by atoms with Gasteiger partial charge in [-0.25, -0.2) is 0 Å². The summed E-state index contributed by atoms with van der Waals surface area (Å²) in [6.07, 6.45) is 0. The summed E-state index contributed by atoms with van der Waals surface area (Å²) in [5, 5.41) is 0.665. The first kappa shape index (κ1) is 13.7. The average molecular weight is 278 g/mol. The van der Waals surface area contributed by atoms with E-state index in [9.17, 15) is 0 Å². The van der Waals surface area contributed by atoms with Gasteiger partial charge in [-0.15, -0.1) is 0 Å². The molecule has 0 saturated carbocycles. The van der Waals surface area contributed by atoms with Gasteiger partial charge in [0.05, 0.1) is 14.2 Å². The molecule has 0 bridgehead atoms. The molecule has 0 aliphatic carbocycles. The third kappa shape index (κ3) is 2.83. The molecule has 0 aromatic heterocycles. The van der Waals surface area contributed by atoms with E-state index < -0.39 is 0 Å². The fraction of sp³-hybridized carbons (Fsp3) is 0.200. The minimum absolute atomic E-state index is 0.441. The Kier molecular flexibility index (Phi) is 4.30. The number of halogens is 1. The Morgan fingerprint density at radius 3 is 2.37 bits per heavy atom. The monoisotopic (exact) mass is 277 g/mol. The minimum atomic E-state index is 0.441. The topological polar surface area (TPSA) is 44.5 Å². The summed E-state index contributed by atoms with van der Waals surface area (Å²) in [4.78, 5) is 0. The molecule has 0 aliphatic heterocycles. The van der Waals surface area contributed by atoms with Gasteiger partial charge in [0.15, 0.2) is 0 Å². The standard InChI is InChI=1S/C15H16ClNO2/c1-18-14-6-5-12(16)8-13(14)10-3-4-11(9-17)15(7-10)19-2/h3-8H,9,17H2,1-2H3. The van der Waals surface area contributed by atoms with Gasteiger partial charge in [0, 0.05) is 22.7 Å². The summed E-state index contributed by atoms with van der Waals surface area (Å²) < 4.78 is 10.7. The second-order valence-corrected chi connectivity index (χ2v) is 4.51. The van der Waals surface area contributed by atoms with Gasteiger partial charge in [-0.3, -0.25) is 0 Å². The molecule has 0 aliphatic rings. The zero-order valence-electron chi connectivity index (χ0n) is 10.9. The van der Waals surface area contributed by atoms with Crippen LogP contribution in [0.2, 0.25) is 5.02 Å². The van der Waals surface area contributed by atoms with Crippen LogP contribution >= 0.6 is 11.6 Å². The van der Waals surface area contributed by atoms with Crippen molar-refractivity contribution in [3.05, 3.63) is 47.0 Å². The van der Waals surface area contributed by atoms with E-state index in [0.717, 1.165) is 28.2 Å². The highest BCUT2D eigenvalue weighted by Crippen LogP contribution is 2.35. The molecule has 2 aromatic carbocycles. The molecule has 0 heterocycles. The van der Waals surface area contributed by atoms with Crippen molar-refractivity contribution in [3.63, 3.8) is 0 Å². The van der Waals surface area contributed by atoms with E-state index >= 15 is 0 Å². The lowest BCUT2D eigenvalue weighted by Gasteiger charge is -2.12. The molecule has 4 heteroatoms. The fourth-order valence-corrected chi connectivity index (χ4v) is 2.16. The fourth-order valence-electron chi connectivity index (χ4n) is 1.99. The quantitative estimate of drug-likeness (QED) is 0.930. The molecule has 0 atom stereocenters. The molecular formula is C15H16ClNO2. The van der Waals surface area contributed by atoms with Crippen LogP contribution in [0, 0.1) is 0 Å². The molecule has 3 nitrogen and oxygen atoms in total. The number of rotatable bonds is 4. The zero-order valence-corrected chi connectivity index (χ0v) is 11.7. The SMILES string of the molecule is COc1cc(-c2cc(Cl)ccc2OC)ccc1CN. The van der Waals surface area contributed by atoms with Gasteiger partial charge < -0.3 is 15.2 Å². The summed E-state index contributed by atoms with van der Waals surface area (Å²) in [7, 11) is 3.27. The van der Waals surface area contributed by atoms with Crippen LogP contribution in [0.25, 0.3) is 11.1 Å². The van der Waals surface area contributed by atoms with Crippen molar-refractivity contribution >= 4 is 11.6 Å². The second kappa shape index (κ2) is 5.95. The highest BCUT2D eigenvalue weighted by Gasteiger charge is 2.09. The summed E-state index contributed by atoms with van der Waals surface area (Å²) in [5.74, 6) is 1.54. The maximum atomic E-state index is 6.05. The van der Waals surface area contributed by atoms with E-state index in [4.69, 9.17) is 26.8 Å². The average Bonchev–Trinajstić information content (AvgIpc) is 2.46. The number of benzene rings is 2. The van der Waals surface area contributed by atoms with Crippen molar-refractivity contribution in [2.45, 2.75) is 6.54 Å². The van der Waals surface area contributed by atoms with E-state index in [-0.39, 0.29) is 0 Å². The number of hydrogen-bond acceptors (Lipinski definition) is 3. The molecule has 100 valence electrons. The van der Waals surface area contributed by atoms with Crippen molar-refractivity contribution in [2.24, 2.45) is 5.73 Å². The zero-order chi connectivity index (χ0) is 13.8. The van der Waals surface area contributed by atoms with Gasteiger partial charge in [0.2, 0.25) is 0 Å². The lowest BCUT2D eigenvalue weighted by atomic mass is 10.0. The summed E-state index contributed by atoms with van der Waals surface area (Å²) in [5.41, 5.74) is 8.54. The predicted molar refractivity (Wildman–Crippen MR) is 77.9 cm³/mol. The molecule has 2 rings (SSSR count). The van der Waals surface area contributed by atoms with Crippen LogP contribution in [-0.4, -0.2) is 14.2 Å². The molecule has 0 fully saturated rings. The Morgan fingerprint density at radius 1 is 1.00 bits per heavy atom. The van der Waals surface area contributed by atoms with Crippen molar-refractivity contribution < 1.29 is 9.47 Å². The van der Waals surface area contributed by atoms with Crippen LogP contribution in [0.4, 0.5) is 0 Å². The number of methoxy groups -OCH3 is 2. The molecular weight excluding hydrogens is 262 g/mol. The summed E-state index contributed by atoms with van der Waals surface area (Å²) in [6.45, 7) is 0.441. The lowest BCUT2D eigenvalue weighted by Crippen LogP contribution is -2.00. The van der Waals surface area contributed by atoms with E-state index in [1.54, 1.807) is 20.3 Å². The van der Waals surface area contributed by atoms with Crippen LogP contribution in [0.15, 0.2) is 36.4 Å². The smallest absolute Gasteiger partial charge is 0.126 e. The van der Waals surface area contributed by atoms with Crippen LogP contribution in [0.3, 0.4) is 0 Å². The Balaban J connectivity index is 2.55. The van der Waals surface area contributed by atoms with Gasteiger partial charge >= 0.3 is 0 Å². The third-order valence-corrected chi connectivity index (χ3v) is 3.21.